The predicted molar refractivity (Wildman–Crippen MR) is 112 cm³/mol. The maximum absolute atomic E-state index is 12.7. The van der Waals surface area contributed by atoms with E-state index in [1.54, 1.807) is 60.7 Å². The van der Waals surface area contributed by atoms with E-state index in [1.807, 2.05) is 31.1 Å². The van der Waals surface area contributed by atoms with Crippen molar-refractivity contribution in [1.82, 2.24) is 10.9 Å². The second-order valence-electron chi connectivity index (χ2n) is 6.56. The molecule has 0 unspecified atom stereocenters. The van der Waals surface area contributed by atoms with E-state index < -0.39 is 11.8 Å². The highest BCUT2D eigenvalue weighted by molar-refractivity contribution is 6.03. The molecule has 0 saturated heterocycles. The van der Waals surface area contributed by atoms with Gasteiger partial charge >= 0.3 is 0 Å². The molecule has 3 aromatic carbocycles. The van der Waals surface area contributed by atoms with Gasteiger partial charge in [0.05, 0.1) is 11.6 Å². The van der Waals surface area contributed by atoms with Crippen molar-refractivity contribution < 1.29 is 9.59 Å². The van der Waals surface area contributed by atoms with Crippen LogP contribution in [0.5, 0.6) is 0 Å². The minimum Gasteiger partial charge on any atom is -0.378 e. The Morgan fingerprint density at radius 2 is 1.48 bits per heavy atom. The molecule has 29 heavy (non-hydrogen) atoms. The lowest BCUT2D eigenvalue weighted by Crippen LogP contribution is -2.41. The molecule has 0 aliphatic heterocycles. The third-order valence-electron chi connectivity index (χ3n) is 4.42. The van der Waals surface area contributed by atoms with Crippen LogP contribution < -0.4 is 15.8 Å². The molecular formula is C23H20N4O2. The molecule has 0 fully saturated rings. The summed E-state index contributed by atoms with van der Waals surface area (Å²) >= 11 is 0. The molecule has 144 valence electrons. The lowest BCUT2D eigenvalue weighted by molar-refractivity contribution is 0.0847. The number of amides is 2. The third kappa shape index (κ3) is 4.42. The topological polar surface area (TPSA) is 85.2 Å². The van der Waals surface area contributed by atoms with Crippen LogP contribution in [0, 0.1) is 11.3 Å². The summed E-state index contributed by atoms with van der Waals surface area (Å²) in [5, 5.41) is 9.36. The van der Waals surface area contributed by atoms with Crippen molar-refractivity contribution in [2.24, 2.45) is 0 Å². The van der Waals surface area contributed by atoms with Gasteiger partial charge in [-0.1, -0.05) is 42.5 Å². The fourth-order valence-corrected chi connectivity index (χ4v) is 2.91. The highest BCUT2D eigenvalue weighted by atomic mass is 16.2. The molecular weight excluding hydrogens is 364 g/mol. The lowest BCUT2D eigenvalue weighted by atomic mass is 9.95. The van der Waals surface area contributed by atoms with Crippen molar-refractivity contribution in [3.05, 3.63) is 89.5 Å². The monoisotopic (exact) mass is 384 g/mol. The summed E-state index contributed by atoms with van der Waals surface area (Å²) in [7, 11) is 3.77. The van der Waals surface area contributed by atoms with Crippen LogP contribution >= 0.6 is 0 Å². The zero-order chi connectivity index (χ0) is 20.8. The first-order chi connectivity index (χ1) is 14.0. The molecule has 0 saturated carbocycles. The number of nitrogens with one attached hydrogen (secondary N) is 2. The molecule has 0 aliphatic rings. The fourth-order valence-electron chi connectivity index (χ4n) is 2.91. The van der Waals surface area contributed by atoms with Crippen LogP contribution in [0.3, 0.4) is 0 Å². The van der Waals surface area contributed by atoms with Gasteiger partial charge in [0.15, 0.2) is 0 Å². The van der Waals surface area contributed by atoms with Crippen molar-refractivity contribution >= 4 is 17.5 Å². The summed E-state index contributed by atoms with van der Waals surface area (Å²) in [6, 6.07) is 23.2. The molecule has 6 nitrogen and oxygen atoms in total. The molecule has 0 aromatic heterocycles. The standard InChI is InChI=1S/C23H20N4O2/c1-27(2)18-10-7-9-16(14-18)22(28)25-26-23(29)21-13-6-5-12-20(21)19-11-4-3-8-17(19)15-24/h3-14H,1-2H3,(H,25,28)(H,26,29). The first kappa shape index (κ1) is 19.6. The van der Waals surface area contributed by atoms with E-state index in [9.17, 15) is 14.9 Å². The Balaban J connectivity index is 1.80. The van der Waals surface area contributed by atoms with Crippen LogP contribution in [0.2, 0.25) is 0 Å². The number of carbonyl (C=O) groups is 2. The molecule has 3 rings (SSSR count). The van der Waals surface area contributed by atoms with E-state index in [2.05, 4.69) is 16.9 Å². The van der Waals surface area contributed by atoms with E-state index in [0.29, 0.717) is 27.8 Å². The normalized spacial score (nSPS) is 9.97. The van der Waals surface area contributed by atoms with Gasteiger partial charge in [-0.3, -0.25) is 20.4 Å². The molecule has 0 heterocycles. The van der Waals surface area contributed by atoms with E-state index >= 15 is 0 Å². The van der Waals surface area contributed by atoms with Crippen molar-refractivity contribution in [2.75, 3.05) is 19.0 Å². The van der Waals surface area contributed by atoms with Crippen LogP contribution in [0.15, 0.2) is 72.8 Å². The molecule has 2 amide bonds. The number of nitriles is 1. The van der Waals surface area contributed by atoms with Crippen molar-refractivity contribution in [3.8, 4) is 17.2 Å². The Morgan fingerprint density at radius 1 is 0.828 bits per heavy atom. The van der Waals surface area contributed by atoms with Gasteiger partial charge in [-0.2, -0.15) is 5.26 Å². The third-order valence-corrected chi connectivity index (χ3v) is 4.42. The maximum atomic E-state index is 12.7. The van der Waals surface area contributed by atoms with Gasteiger partial charge in [-0.05, 0) is 35.9 Å². The van der Waals surface area contributed by atoms with Crippen LogP contribution in [0.25, 0.3) is 11.1 Å². The first-order valence-electron chi connectivity index (χ1n) is 8.98. The number of nitrogens with zero attached hydrogens (tertiary/aromatic N) is 2. The van der Waals surface area contributed by atoms with Crippen molar-refractivity contribution in [2.45, 2.75) is 0 Å². The molecule has 3 aromatic rings. The van der Waals surface area contributed by atoms with E-state index in [1.165, 1.54) is 0 Å². The average molecular weight is 384 g/mol. The van der Waals surface area contributed by atoms with Crippen LogP contribution in [0.4, 0.5) is 5.69 Å². The van der Waals surface area contributed by atoms with Gasteiger partial charge in [-0.25, -0.2) is 0 Å². The highest BCUT2D eigenvalue weighted by Crippen LogP contribution is 2.26. The summed E-state index contributed by atoms with van der Waals surface area (Å²) in [6.45, 7) is 0. The Kier molecular flexibility index (Phi) is 5.91. The smallest absolute Gasteiger partial charge is 0.270 e. The number of rotatable bonds is 4. The van der Waals surface area contributed by atoms with Gasteiger partial charge in [0.2, 0.25) is 0 Å². The SMILES string of the molecule is CN(C)c1cccc(C(=O)NNC(=O)c2ccccc2-c2ccccc2C#N)c1. The number of hydrogen-bond acceptors (Lipinski definition) is 4. The van der Waals surface area contributed by atoms with Gasteiger partial charge in [0, 0.05) is 36.5 Å². The first-order valence-corrected chi connectivity index (χ1v) is 8.98. The fraction of sp³-hybridized carbons (Fsp3) is 0.0870. The lowest BCUT2D eigenvalue weighted by Gasteiger charge is -2.14. The summed E-state index contributed by atoms with van der Waals surface area (Å²) in [6.07, 6.45) is 0. The number of carbonyl (C=O) groups excluding carboxylic acids is 2. The van der Waals surface area contributed by atoms with E-state index in [0.717, 1.165) is 5.69 Å². The molecule has 6 heteroatoms. The Hall–Kier alpha value is -4.11. The van der Waals surface area contributed by atoms with E-state index in [-0.39, 0.29) is 0 Å². The zero-order valence-electron chi connectivity index (χ0n) is 16.1. The van der Waals surface area contributed by atoms with Gasteiger partial charge in [0.1, 0.15) is 0 Å². The second-order valence-corrected chi connectivity index (χ2v) is 6.56. The number of hydrazine groups is 1. The maximum Gasteiger partial charge on any atom is 0.270 e. The van der Waals surface area contributed by atoms with Gasteiger partial charge in [-0.15, -0.1) is 0 Å². The molecule has 2 N–H and O–H groups in total. The van der Waals surface area contributed by atoms with Gasteiger partial charge in [0.25, 0.3) is 11.8 Å². The van der Waals surface area contributed by atoms with Gasteiger partial charge < -0.3 is 4.90 Å². The largest absolute Gasteiger partial charge is 0.378 e. The minimum atomic E-state index is -0.467. The quantitative estimate of drug-likeness (QED) is 0.676. The summed E-state index contributed by atoms with van der Waals surface area (Å²) < 4.78 is 0. The average Bonchev–Trinajstić information content (AvgIpc) is 2.77. The Bertz CT molecular complexity index is 1100. The number of hydrogen-bond donors (Lipinski definition) is 2. The van der Waals surface area contributed by atoms with Crippen LogP contribution in [-0.2, 0) is 0 Å². The van der Waals surface area contributed by atoms with Crippen LogP contribution in [-0.4, -0.2) is 25.9 Å². The summed E-state index contributed by atoms with van der Waals surface area (Å²) in [5.41, 5.74) is 8.32. The van der Waals surface area contributed by atoms with E-state index in [4.69, 9.17) is 0 Å². The molecule has 0 radical (unpaired) electrons. The molecule has 0 bridgehead atoms. The Morgan fingerprint density at radius 3 is 2.21 bits per heavy atom. The second kappa shape index (κ2) is 8.72. The minimum absolute atomic E-state index is 0.359. The highest BCUT2D eigenvalue weighted by Gasteiger charge is 2.16. The predicted octanol–water partition coefficient (Wildman–Crippen LogP) is 3.37. The van der Waals surface area contributed by atoms with Crippen LogP contribution in [0.1, 0.15) is 26.3 Å². The van der Waals surface area contributed by atoms with Crippen molar-refractivity contribution in [3.63, 3.8) is 0 Å². The van der Waals surface area contributed by atoms with Crippen molar-refractivity contribution in [1.29, 1.82) is 5.26 Å². The summed E-state index contributed by atoms with van der Waals surface area (Å²) in [5.74, 6) is -0.887. The Labute approximate surface area is 169 Å². The zero-order valence-corrected chi connectivity index (χ0v) is 16.1. The molecule has 0 atom stereocenters. The number of anilines is 1. The molecule has 0 aliphatic carbocycles. The summed E-state index contributed by atoms with van der Waals surface area (Å²) in [4.78, 5) is 27.0. The molecule has 0 spiro atoms. The number of benzene rings is 3.